The summed E-state index contributed by atoms with van der Waals surface area (Å²) in [6, 6.07) is 10.6. The molecule has 7 heteroatoms. The molecule has 2 atom stereocenters. The number of esters is 1. The molecule has 0 saturated heterocycles. The molecule has 0 aromatic heterocycles. The van der Waals surface area contributed by atoms with Crippen molar-refractivity contribution >= 4 is 28.4 Å². The van der Waals surface area contributed by atoms with Crippen LogP contribution in [0.1, 0.15) is 22.8 Å². The highest BCUT2D eigenvalue weighted by Gasteiger charge is 2.21. The summed E-state index contributed by atoms with van der Waals surface area (Å²) in [4.78, 5) is 24.7. The van der Waals surface area contributed by atoms with E-state index in [2.05, 4.69) is 5.32 Å². The molecule has 2 aromatic rings. The number of amides is 1. The first kappa shape index (κ1) is 18.8. The smallest absolute Gasteiger partial charge is 0.340 e. The maximum atomic E-state index is 13.5. The lowest BCUT2D eigenvalue weighted by Gasteiger charge is -2.15. The molecule has 2 aromatic carbocycles. The molecule has 1 amide bonds. The second kappa shape index (κ2) is 8.02. The van der Waals surface area contributed by atoms with Crippen LogP contribution in [0.25, 0.3) is 0 Å². The van der Waals surface area contributed by atoms with Crippen LogP contribution in [-0.4, -0.2) is 28.4 Å². The van der Waals surface area contributed by atoms with Crippen LogP contribution < -0.4 is 5.32 Å². The van der Waals surface area contributed by atoms with E-state index in [0.717, 1.165) is 0 Å². The highest BCUT2D eigenvalue weighted by Crippen LogP contribution is 2.16. The molecule has 0 aliphatic rings. The van der Waals surface area contributed by atoms with E-state index >= 15 is 0 Å². The molecule has 0 aliphatic carbocycles. The predicted octanol–water partition coefficient (Wildman–Crippen LogP) is 3.06. The first-order valence-electron chi connectivity index (χ1n) is 7.50. The lowest BCUT2D eigenvalue weighted by Crippen LogP contribution is -2.30. The van der Waals surface area contributed by atoms with E-state index in [1.807, 2.05) is 0 Å². The van der Waals surface area contributed by atoms with Crippen molar-refractivity contribution in [3.63, 3.8) is 0 Å². The Bertz CT molecular complexity index is 838. The van der Waals surface area contributed by atoms with E-state index < -0.39 is 34.6 Å². The zero-order valence-electron chi connectivity index (χ0n) is 14.0. The van der Waals surface area contributed by atoms with E-state index in [1.165, 1.54) is 31.4 Å². The summed E-state index contributed by atoms with van der Waals surface area (Å²) in [7, 11) is -1.37. The van der Waals surface area contributed by atoms with Crippen LogP contribution in [0.4, 0.5) is 10.1 Å². The number of nitrogens with one attached hydrogen (secondary N) is 1. The van der Waals surface area contributed by atoms with E-state index in [1.54, 1.807) is 31.2 Å². The highest BCUT2D eigenvalue weighted by molar-refractivity contribution is 7.84. The SMILES string of the molecule is Cc1ccc(NC(=O)[C@@H](C)OC(=O)c2ccccc2[S@](C)=O)cc1F. The molecular weight excluding hydrogens is 345 g/mol. The maximum Gasteiger partial charge on any atom is 0.340 e. The molecule has 5 nitrogen and oxygen atoms in total. The average Bonchev–Trinajstić information content (AvgIpc) is 2.58. The van der Waals surface area contributed by atoms with Crippen LogP contribution in [0.15, 0.2) is 47.4 Å². The van der Waals surface area contributed by atoms with Crippen molar-refractivity contribution in [2.75, 3.05) is 11.6 Å². The predicted molar refractivity (Wildman–Crippen MR) is 93.4 cm³/mol. The highest BCUT2D eigenvalue weighted by atomic mass is 32.2. The van der Waals surface area contributed by atoms with Crippen LogP contribution in [-0.2, 0) is 20.3 Å². The monoisotopic (exact) mass is 363 g/mol. The van der Waals surface area contributed by atoms with E-state index in [-0.39, 0.29) is 11.3 Å². The van der Waals surface area contributed by atoms with E-state index in [9.17, 15) is 18.2 Å². The third-order valence-corrected chi connectivity index (χ3v) is 4.48. The Kier molecular flexibility index (Phi) is 6.03. The number of benzene rings is 2. The summed E-state index contributed by atoms with van der Waals surface area (Å²) in [6.07, 6.45) is 0.351. The molecule has 1 N–H and O–H groups in total. The molecular formula is C18H18FNO4S. The van der Waals surface area contributed by atoms with Crippen LogP contribution in [0, 0.1) is 12.7 Å². The number of hydrogen-bond donors (Lipinski definition) is 1. The molecule has 0 saturated carbocycles. The van der Waals surface area contributed by atoms with Gasteiger partial charge in [-0.2, -0.15) is 0 Å². The topological polar surface area (TPSA) is 72.5 Å². The number of anilines is 1. The summed E-state index contributed by atoms with van der Waals surface area (Å²) in [5.41, 5.74) is 0.872. The number of carbonyl (C=O) groups is 2. The van der Waals surface area contributed by atoms with Gasteiger partial charge in [-0.3, -0.25) is 9.00 Å². The molecule has 0 bridgehead atoms. The third-order valence-electron chi connectivity index (χ3n) is 3.51. The number of halogens is 1. The largest absolute Gasteiger partial charge is 0.449 e. The standard InChI is InChI=1S/C18H18FNO4S/c1-11-8-9-13(10-15(11)19)20-17(21)12(2)24-18(22)14-6-4-5-7-16(14)25(3)23/h4-10,12H,1-3H3,(H,20,21)/t12-,25+/m1/s1. The zero-order chi connectivity index (χ0) is 18.6. The van der Waals surface area contributed by atoms with Crippen molar-refractivity contribution in [3.8, 4) is 0 Å². The molecule has 0 spiro atoms. The Balaban J connectivity index is 2.07. The summed E-state index contributed by atoms with van der Waals surface area (Å²) < 4.78 is 30.3. The van der Waals surface area contributed by atoms with Gasteiger partial charge in [-0.15, -0.1) is 0 Å². The Morgan fingerprint density at radius 1 is 1.20 bits per heavy atom. The Labute approximate surface area is 147 Å². The number of aryl methyl sites for hydroxylation is 1. The second-order valence-corrected chi connectivity index (χ2v) is 6.80. The van der Waals surface area contributed by atoms with Crippen molar-refractivity contribution in [2.45, 2.75) is 24.8 Å². The van der Waals surface area contributed by atoms with Crippen molar-refractivity contribution in [1.82, 2.24) is 0 Å². The number of carbonyl (C=O) groups excluding carboxylic acids is 2. The van der Waals surface area contributed by atoms with Crippen molar-refractivity contribution in [3.05, 3.63) is 59.4 Å². The first-order valence-corrected chi connectivity index (χ1v) is 9.06. The van der Waals surface area contributed by atoms with E-state index in [4.69, 9.17) is 4.74 Å². The quantitative estimate of drug-likeness (QED) is 0.829. The Hall–Kier alpha value is -2.54. The van der Waals surface area contributed by atoms with Gasteiger partial charge in [0, 0.05) is 11.9 Å². The minimum Gasteiger partial charge on any atom is -0.449 e. The summed E-state index contributed by atoms with van der Waals surface area (Å²) >= 11 is 0. The van der Waals surface area contributed by atoms with Gasteiger partial charge in [-0.25, -0.2) is 9.18 Å². The number of hydrogen-bond acceptors (Lipinski definition) is 4. The molecule has 132 valence electrons. The van der Waals surface area contributed by atoms with Crippen LogP contribution in [0.2, 0.25) is 0 Å². The Morgan fingerprint density at radius 3 is 2.52 bits per heavy atom. The van der Waals surface area contributed by atoms with Gasteiger partial charge in [0.15, 0.2) is 6.10 Å². The molecule has 2 rings (SSSR count). The number of ether oxygens (including phenoxy) is 1. The normalized spacial score (nSPS) is 13.0. The average molecular weight is 363 g/mol. The zero-order valence-corrected chi connectivity index (χ0v) is 14.9. The minimum absolute atomic E-state index is 0.143. The van der Waals surface area contributed by atoms with Gasteiger partial charge in [0.2, 0.25) is 0 Å². The van der Waals surface area contributed by atoms with Crippen LogP contribution in [0.5, 0.6) is 0 Å². The van der Waals surface area contributed by atoms with Gasteiger partial charge < -0.3 is 10.1 Å². The summed E-state index contributed by atoms with van der Waals surface area (Å²) in [6.45, 7) is 3.02. The molecule has 0 aliphatic heterocycles. The van der Waals surface area contributed by atoms with Gasteiger partial charge in [-0.05, 0) is 43.7 Å². The fourth-order valence-corrected chi connectivity index (χ4v) is 2.81. The Morgan fingerprint density at radius 2 is 1.88 bits per heavy atom. The lowest BCUT2D eigenvalue weighted by atomic mass is 10.2. The van der Waals surface area contributed by atoms with E-state index in [0.29, 0.717) is 10.5 Å². The molecule has 0 heterocycles. The third kappa shape index (κ3) is 4.73. The number of rotatable bonds is 5. The van der Waals surface area contributed by atoms with Crippen LogP contribution >= 0.6 is 0 Å². The fourth-order valence-electron chi connectivity index (χ4n) is 2.08. The summed E-state index contributed by atoms with van der Waals surface area (Å²) in [5, 5.41) is 2.49. The van der Waals surface area contributed by atoms with Crippen molar-refractivity contribution < 1.29 is 22.9 Å². The molecule has 0 fully saturated rings. The van der Waals surface area contributed by atoms with Gasteiger partial charge >= 0.3 is 5.97 Å². The lowest BCUT2D eigenvalue weighted by molar-refractivity contribution is -0.123. The minimum atomic E-state index is -1.37. The van der Waals surface area contributed by atoms with Crippen LogP contribution in [0.3, 0.4) is 0 Å². The summed E-state index contributed by atoms with van der Waals surface area (Å²) in [5.74, 6) is -1.78. The first-order chi connectivity index (χ1) is 11.8. The maximum absolute atomic E-state index is 13.5. The fraction of sp³-hybridized carbons (Fsp3) is 0.222. The van der Waals surface area contributed by atoms with Gasteiger partial charge in [0.05, 0.1) is 21.3 Å². The van der Waals surface area contributed by atoms with Gasteiger partial charge in [0.25, 0.3) is 5.91 Å². The molecule has 25 heavy (non-hydrogen) atoms. The van der Waals surface area contributed by atoms with Gasteiger partial charge in [-0.1, -0.05) is 18.2 Å². The van der Waals surface area contributed by atoms with Gasteiger partial charge in [0.1, 0.15) is 5.82 Å². The van der Waals surface area contributed by atoms with Crippen molar-refractivity contribution in [2.24, 2.45) is 0 Å². The van der Waals surface area contributed by atoms with Crippen molar-refractivity contribution in [1.29, 1.82) is 0 Å². The molecule has 0 radical (unpaired) electrons. The molecule has 0 unspecified atom stereocenters. The second-order valence-electron chi connectivity index (χ2n) is 5.45.